The number of carbonyl (C=O) groups excluding carboxylic acids is 6. The fraction of sp³-hybridized carbons (Fsp3) is 0.320. The molecule has 10 aromatic carbocycles. The summed E-state index contributed by atoms with van der Waals surface area (Å²) in [4.78, 5) is 74.3. The predicted octanol–water partition coefficient (Wildman–Crippen LogP) is 19.0. The Morgan fingerprint density at radius 2 is 0.634 bits per heavy atom. The lowest BCUT2D eigenvalue weighted by molar-refractivity contribution is -0.115. The third-order valence-electron chi connectivity index (χ3n) is 24.5. The fourth-order valence-corrected chi connectivity index (χ4v) is 17.4. The van der Waals surface area contributed by atoms with Crippen molar-refractivity contribution in [3.63, 3.8) is 0 Å². The van der Waals surface area contributed by atoms with Crippen LogP contribution in [0.2, 0.25) is 0 Å². The Balaban J connectivity index is 0.000000125. The van der Waals surface area contributed by atoms with Crippen molar-refractivity contribution in [3.05, 3.63) is 309 Å². The zero-order chi connectivity index (χ0) is 86.5. The first-order chi connectivity index (χ1) is 59.1. The van der Waals surface area contributed by atoms with Crippen LogP contribution in [0.15, 0.2) is 237 Å². The number of benzene rings is 10. The van der Waals surface area contributed by atoms with Crippen molar-refractivity contribution in [2.75, 3.05) is 60.9 Å². The molecule has 3 aliphatic heterocycles. The lowest BCUT2D eigenvalue weighted by Crippen LogP contribution is -2.33. The molecule has 0 unspecified atom stereocenters. The Kier molecular flexibility index (Phi) is 27.2. The maximum Gasteiger partial charge on any atom is 0.248 e. The largest absolute Gasteiger partial charge is 0.385 e. The third kappa shape index (κ3) is 22.0. The van der Waals surface area contributed by atoms with E-state index >= 15 is 0 Å². The monoisotopic (exact) mass is 1650 g/mol. The zero-order valence-corrected chi connectivity index (χ0v) is 71.8. The van der Waals surface area contributed by atoms with Gasteiger partial charge in [-0.05, 0) is 278 Å². The Morgan fingerprint density at radius 1 is 0.341 bits per heavy atom. The van der Waals surface area contributed by atoms with Crippen molar-refractivity contribution in [3.8, 4) is 0 Å². The number of nitrogens with one attached hydrogen (secondary N) is 5. The maximum atomic E-state index is 11.3. The minimum Gasteiger partial charge on any atom is -0.385 e. The van der Waals surface area contributed by atoms with E-state index in [0.717, 1.165) is 209 Å². The highest BCUT2D eigenvalue weighted by atomic mass is 16.3. The molecule has 12 aromatic rings. The van der Waals surface area contributed by atoms with Crippen LogP contribution < -0.4 is 47.0 Å². The van der Waals surface area contributed by atoms with Crippen molar-refractivity contribution in [2.24, 2.45) is 5.73 Å². The maximum absolute atomic E-state index is 11.3. The Morgan fingerprint density at radius 3 is 0.943 bits per heavy atom. The quantitative estimate of drug-likeness (QED) is 0.0345. The topological polar surface area (TPSA) is 269 Å². The average molecular weight is 1650 g/mol. The number of aliphatic hydroxyl groups is 3. The summed E-state index contributed by atoms with van der Waals surface area (Å²) >= 11 is 0. The molecule has 0 atom stereocenters. The number of fused-ring (bicyclic) bond motifs is 5. The molecular weight excluding hydrogens is 1540 g/mol. The summed E-state index contributed by atoms with van der Waals surface area (Å²) in [6.07, 6.45) is 18.0. The van der Waals surface area contributed by atoms with Crippen molar-refractivity contribution in [1.29, 1.82) is 0 Å². The number of rotatable bonds is 20. The molecule has 5 heterocycles. The second-order valence-electron chi connectivity index (χ2n) is 34.3. The van der Waals surface area contributed by atoms with Crippen LogP contribution in [0.4, 0.5) is 45.5 Å². The van der Waals surface area contributed by atoms with Gasteiger partial charge in [0.1, 0.15) is 0 Å². The lowest BCUT2D eigenvalue weighted by Gasteiger charge is -2.37. The molecule has 123 heavy (non-hydrogen) atoms. The number of aromatic nitrogens is 2. The molecule has 6 aliphatic rings. The summed E-state index contributed by atoms with van der Waals surface area (Å²) in [5.74, 6) is -0.0916. The van der Waals surface area contributed by atoms with Crippen LogP contribution in [0, 0.1) is 0 Å². The van der Waals surface area contributed by atoms with Gasteiger partial charge in [0.25, 0.3) is 0 Å². The smallest absolute Gasteiger partial charge is 0.248 e. The van der Waals surface area contributed by atoms with E-state index in [1.165, 1.54) is 102 Å². The Bertz CT molecular complexity index is 5760. The Labute approximate surface area is 721 Å². The molecule has 20 heteroatoms. The Hall–Kier alpha value is -12.6. The molecule has 6 amide bonds. The van der Waals surface area contributed by atoms with E-state index in [2.05, 4.69) is 228 Å². The second kappa shape index (κ2) is 38.6. The van der Waals surface area contributed by atoms with E-state index in [0.29, 0.717) is 11.5 Å². The summed E-state index contributed by atoms with van der Waals surface area (Å²) in [6, 6.07) is 75.9. The predicted molar refractivity (Wildman–Crippen MR) is 494 cm³/mol. The highest BCUT2D eigenvalue weighted by molar-refractivity contribution is 5.95. The van der Waals surface area contributed by atoms with Gasteiger partial charge in [0, 0.05) is 172 Å². The van der Waals surface area contributed by atoms with Crippen molar-refractivity contribution in [2.45, 2.75) is 194 Å². The van der Waals surface area contributed by atoms with Gasteiger partial charge in [0.15, 0.2) is 0 Å². The van der Waals surface area contributed by atoms with Gasteiger partial charge in [0.05, 0.1) is 16.8 Å². The van der Waals surface area contributed by atoms with Crippen molar-refractivity contribution >= 4 is 103 Å². The highest BCUT2D eigenvalue weighted by Gasteiger charge is 2.38. The SMILES string of the molecule is CC(=O)Nc1ccc2c(c1)CCCN2Cc1ccc(C(N)=O)cc1.CC(=O)Nc1ccc2c(c1)CCCN2Cc1ccc(C2(O)CCC2)cc1.CC(=O)Nc1ccc2c(c1)CCN2Cc1ccc(C2(O)CCC2)cc1.CC(=O)Nc1ccc2c(ccn2Cc2ccc(C(C)C)cc2)c1.CC(=O)Nc1ccc2c(ccn2Cc2ccc(C3(O)CCC3)cc2)c1. The normalized spacial score (nSPS) is 15.3. The number of carbonyl (C=O) groups is 6. The molecular formula is C103H115N11O9. The molecule has 3 aliphatic carbocycles. The van der Waals surface area contributed by atoms with E-state index < -0.39 is 22.7 Å². The summed E-state index contributed by atoms with van der Waals surface area (Å²) in [6.45, 7) is 19.2. The molecule has 18 rings (SSSR count). The van der Waals surface area contributed by atoms with E-state index in [1.54, 1.807) is 12.1 Å². The van der Waals surface area contributed by atoms with Gasteiger partial charge >= 0.3 is 0 Å². The molecule has 2 aromatic heterocycles. The van der Waals surface area contributed by atoms with Crippen molar-refractivity contribution < 1.29 is 44.1 Å². The molecule has 0 radical (unpaired) electrons. The third-order valence-corrected chi connectivity index (χ3v) is 24.5. The van der Waals surface area contributed by atoms with Crippen LogP contribution in [0.3, 0.4) is 0 Å². The van der Waals surface area contributed by atoms with Gasteiger partial charge in [-0.3, -0.25) is 28.8 Å². The number of hydrogen-bond donors (Lipinski definition) is 9. The van der Waals surface area contributed by atoms with E-state index in [1.807, 2.05) is 60.7 Å². The number of amides is 6. The molecule has 0 bridgehead atoms. The fourth-order valence-electron chi connectivity index (χ4n) is 17.4. The molecule has 3 fully saturated rings. The van der Waals surface area contributed by atoms with Crippen LogP contribution in [0.5, 0.6) is 0 Å². The van der Waals surface area contributed by atoms with Gasteiger partial charge in [-0.1, -0.05) is 123 Å². The standard InChI is InChI=1S/C22H26N2O2.C21H24N2O2.C21H22N2O2.C20H22N2O.C19H21N3O2/c1-16(25)23-20-9-10-21-18(14-20)4-2-13-24(21)15-17-5-7-19(8-6-17)22(26)11-3-12-22;2*1-15(24)22-19-7-8-20-17(13-19)9-12-23(20)14-16-3-5-18(6-4-16)21(25)10-2-11-21;1-14(2)17-6-4-16(5-7-17)13-22-11-10-18-12-19(21-15(3)23)8-9-20(18)22;1-13(23)21-17-8-9-18-16(11-17)3-2-10-22(18)12-14-4-6-15(7-5-14)19(20)24/h5-10,14,26H,2-4,11-13,15H2,1H3,(H,23,25);3-8,13,25H,2,9-12,14H2,1H3,(H,22,24);3-9,12-13,25H,2,10-11,14H2,1H3,(H,22,24);4-12,14H,13H2,1-3H3,(H,21,23);4-9,11H,2-3,10,12H2,1H3,(H2,20,24)(H,21,23). The number of nitrogens with zero attached hydrogens (tertiary/aromatic N) is 5. The van der Waals surface area contributed by atoms with Crippen LogP contribution in [0.1, 0.15) is 202 Å². The molecule has 10 N–H and O–H groups in total. The summed E-state index contributed by atoms with van der Waals surface area (Å²) in [7, 11) is 0. The number of nitrogens with two attached hydrogens (primary N) is 1. The first-order valence-corrected chi connectivity index (χ1v) is 43.3. The number of aryl methyl sites for hydroxylation is 2. The first-order valence-electron chi connectivity index (χ1n) is 43.3. The minimum atomic E-state index is -0.598. The van der Waals surface area contributed by atoms with Crippen LogP contribution in [0.25, 0.3) is 21.8 Å². The molecule has 20 nitrogen and oxygen atoms in total. The van der Waals surface area contributed by atoms with Crippen LogP contribution in [-0.4, -0.2) is 79.5 Å². The summed E-state index contributed by atoms with van der Waals surface area (Å²) < 4.78 is 4.43. The molecule has 0 spiro atoms. The van der Waals surface area contributed by atoms with Gasteiger partial charge < -0.3 is 71.5 Å². The van der Waals surface area contributed by atoms with Gasteiger partial charge in [-0.15, -0.1) is 0 Å². The summed E-state index contributed by atoms with van der Waals surface area (Å²) in [5, 5.41) is 47.8. The van der Waals surface area contributed by atoms with E-state index in [9.17, 15) is 44.1 Å². The van der Waals surface area contributed by atoms with Gasteiger partial charge in [0.2, 0.25) is 35.4 Å². The lowest BCUT2D eigenvalue weighted by atomic mass is 9.75. The van der Waals surface area contributed by atoms with E-state index in [-0.39, 0.29) is 29.5 Å². The zero-order valence-electron chi connectivity index (χ0n) is 71.8. The number of hydrogen-bond acceptors (Lipinski definition) is 12. The molecule has 0 saturated heterocycles. The van der Waals surface area contributed by atoms with E-state index in [4.69, 9.17) is 5.73 Å². The average Bonchev–Trinajstić information content (AvgIpc) is 1.70. The minimum absolute atomic E-state index is 0.0363. The number of primary amides is 1. The van der Waals surface area contributed by atoms with Gasteiger partial charge in [-0.25, -0.2) is 0 Å². The van der Waals surface area contributed by atoms with Crippen molar-refractivity contribution in [1.82, 2.24) is 9.13 Å². The molecule has 3 saturated carbocycles. The van der Waals surface area contributed by atoms with Gasteiger partial charge in [-0.2, -0.15) is 0 Å². The summed E-state index contributed by atoms with van der Waals surface area (Å²) in [5.41, 5.74) is 28.7. The molecule has 636 valence electrons. The highest BCUT2D eigenvalue weighted by Crippen LogP contribution is 2.44. The van der Waals surface area contributed by atoms with Crippen LogP contribution >= 0.6 is 0 Å². The number of anilines is 8. The van der Waals surface area contributed by atoms with Crippen LogP contribution in [-0.2, 0) is 92.8 Å². The first kappa shape index (κ1) is 86.8. The second-order valence-corrected chi connectivity index (χ2v) is 34.3.